The summed E-state index contributed by atoms with van der Waals surface area (Å²) in [6.45, 7) is 81.7. The molecule has 834 valence electrons. The number of carbonyl (C=O) groups excluding carboxylic acids is 4. The number of nitrogens with one attached hydrogen (secondary N) is 3. The van der Waals surface area contributed by atoms with Crippen molar-refractivity contribution >= 4 is 37.7 Å². The Bertz CT molecular complexity index is 4700. The van der Waals surface area contributed by atoms with Gasteiger partial charge in [-0.15, -0.1) is 0 Å². The molecule has 0 aromatic heterocycles. The Balaban J connectivity index is 0.000000289. The Labute approximate surface area is 905 Å². The molecule has 0 spiro atoms. The van der Waals surface area contributed by atoms with Crippen LogP contribution < -0.4 is 16.0 Å². The Hall–Kier alpha value is -8.70. The fourth-order valence-corrected chi connectivity index (χ4v) is 22.1. The van der Waals surface area contributed by atoms with Crippen LogP contribution in [0, 0.1) is 0 Å². The van der Waals surface area contributed by atoms with Gasteiger partial charge in [-0.1, -0.05) is 329 Å². The van der Waals surface area contributed by atoms with Gasteiger partial charge in [0.25, 0.3) is 11.8 Å². The summed E-state index contributed by atoms with van der Waals surface area (Å²) >= 11 is 0. The third-order valence-corrected chi connectivity index (χ3v) is 32.4. The minimum absolute atomic E-state index is 0.00261. The molecule has 0 atom stereocenters. The van der Waals surface area contributed by atoms with Crippen molar-refractivity contribution < 1.29 is 90.3 Å². The summed E-state index contributed by atoms with van der Waals surface area (Å²) in [7, 11) is -1.84. The van der Waals surface area contributed by atoms with E-state index in [0.29, 0.717) is 213 Å². The van der Waals surface area contributed by atoms with Gasteiger partial charge in [-0.3, -0.25) is 19.7 Å². The van der Waals surface area contributed by atoms with Crippen LogP contribution in [0.2, 0.25) is 16.6 Å². The van der Waals surface area contributed by atoms with E-state index in [1.165, 1.54) is 22.3 Å². The molecule has 8 aromatic rings. The summed E-state index contributed by atoms with van der Waals surface area (Å²) in [6.07, 6.45) is 2.83. The lowest BCUT2D eigenvalue weighted by Crippen LogP contribution is -2.48. The van der Waals surface area contributed by atoms with Crippen LogP contribution in [0.4, 0.5) is 10.5 Å². The SMILES string of the molecule is CC(C)(C)c1cc(C(=O)CCCCO)cc(C(C)(C)C)c1.CC(C)(C)c1cc(NC(=O)OCCCNC(=O)c2cc(C(C)(C)C)cc(C(C)(C)C)c2)cc(C(C)(C)C)c1.CC(C)[Si](OCCCNC(=O)c1cc(C(C)(C)C)cc(C(C)(C)C)c1)(C(C)C)C(C)C.c1cc2ccc1COCCOCCOCc1ccc(cc1)COCCOCCOC2.c1cc2ccc1COCCOCCOCc1ccc(cc1)COCCOCCOC2. The van der Waals surface area contributed by atoms with Gasteiger partial charge in [0, 0.05) is 55.1 Å². The Morgan fingerprint density at radius 1 is 0.280 bits per heavy atom. The maximum Gasteiger partial charge on any atom is 0.411 e. The number of amides is 3. The van der Waals surface area contributed by atoms with Gasteiger partial charge in [0.15, 0.2) is 14.1 Å². The summed E-state index contributed by atoms with van der Waals surface area (Å²) in [4.78, 5) is 50.8. The summed E-state index contributed by atoms with van der Waals surface area (Å²) in [5, 5.41) is 17.8. The maximum absolute atomic E-state index is 12.9. The molecule has 0 aliphatic carbocycles. The van der Waals surface area contributed by atoms with Crippen molar-refractivity contribution in [2.75, 3.05) is 144 Å². The zero-order valence-corrected chi connectivity index (χ0v) is 98.7. The molecule has 8 aliphatic rings. The van der Waals surface area contributed by atoms with E-state index in [1.54, 1.807) is 0 Å². The zero-order chi connectivity index (χ0) is 111. The zero-order valence-electron chi connectivity index (χ0n) is 97.7. The number of unbranched alkanes of at least 4 members (excludes halogenated alkanes) is 1. The Morgan fingerprint density at radius 3 is 0.700 bits per heavy atom. The van der Waals surface area contributed by atoms with Gasteiger partial charge < -0.3 is 81.7 Å². The van der Waals surface area contributed by atoms with E-state index >= 15 is 0 Å². The standard InChI is InChI=1S/C33H50N2O3.C27H49NO2Si.2C24H32O6.C19H30O2/c1-30(2,3)23-16-22(17-24(18-23)31(4,5)6)28(36)34-14-13-15-38-29(37)35-27-20-25(32(7,8)9)19-26(21-27)33(10,11)12;1-19(2)31(20(3)4,21(5)6)30-15-13-14-28-25(29)22-16-23(26(7,8)9)18-24(17-22)27(10,11)12;2*1-2-22-4-3-21(1)17-27-13-9-25-11-15-29-19-23-5-7-24(8-6-23)20-30-16-12-26-10-14-28-18-22;1-18(2,3)15-11-14(17(21)9-7-8-10-20)12-16(13-15)19(4,5)6/h16-21H,13-15H2,1-12H3,(H,34,36)(H,35,37);16-21H,13-15H2,1-12H3,(H,28,29);2*1-8H,9-20H2;11-13,20H,7-10H2,1-6H3. The van der Waals surface area contributed by atoms with E-state index < -0.39 is 14.4 Å². The monoisotopic (exact) mass is 2090 g/mol. The highest BCUT2D eigenvalue weighted by molar-refractivity contribution is 6.77. The molecule has 16 rings (SSSR count). The van der Waals surface area contributed by atoms with Crippen molar-refractivity contribution in [3.8, 4) is 0 Å². The minimum atomic E-state index is -1.84. The van der Waals surface area contributed by atoms with Crippen molar-refractivity contribution in [3.63, 3.8) is 0 Å². The van der Waals surface area contributed by atoms with Gasteiger partial charge in [0.05, 0.1) is 165 Å². The normalized spacial score (nSPS) is 15.3. The highest BCUT2D eigenvalue weighted by atomic mass is 28.4. The van der Waals surface area contributed by atoms with Crippen LogP contribution in [-0.4, -0.2) is 176 Å². The molecule has 150 heavy (non-hydrogen) atoms. The first-order valence-corrected chi connectivity index (χ1v) is 56.9. The third kappa shape index (κ3) is 49.8. The van der Waals surface area contributed by atoms with Crippen molar-refractivity contribution in [2.24, 2.45) is 0 Å². The smallest absolute Gasteiger partial charge is 0.411 e. The van der Waals surface area contributed by atoms with Crippen molar-refractivity contribution in [3.05, 3.63) is 276 Å². The highest BCUT2D eigenvalue weighted by Crippen LogP contribution is 2.43. The fraction of sp³-hybridized carbons (Fsp3) is 0.591. The molecule has 3 amide bonds. The van der Waals surface area contributed by atoms with Gasteiger partial charge in [-0.25, -0.2) is 4.79 Å². The van der Waals surface area contributed by atoms with Crippen molar-refractivity contribution in [1.29, 1.82) is 0 Å². The van der Waals surface area contributed by atoms with Crippen LogP contribution in [0.1, 0.15) is 360 Å². The van der Waals surface area contributed by atoms with Crippen molar-refractivity contribution in [1.82, 2.24) is 10.6 Å². The molecule has 0 radical (unpaired) electrons. The fourth-order valence-electron chi connectivity index (χ4n) is 16.6. The second kappa shape index (κ2) is 64.6. The molecular weight excluding hydrogens is 1900 g/mol. The summed E-state index contributed by atoms with van der Waals surface area (Å²) < 4.78 is 79.6. The molecule has 0 saturated carbocycles. The van der Waals surface area contributed by atoms with Gasteiger partial charge in [-0.2, -0.15) is 0 Å². The number of hydrogen-bond donors (Lipinski definition) is 4. The Morgan fingerprint density at radius 2 is 0.487 bits per heavy atom. The number of hydrogen-bond acceptors (Lipinski definition) is 19. The van der Waals surface area contributed by atoms with Crippen LogP contribution in [0.15, 0.2) is 170 Å². The van der Waals surface area contributed by atoms with Crippen LogP contribution in [0.5, 0.6) is 0 Å². The van der Waals surface area contributed by atoms with E-state index in [0.717, 1.165) is 103 Å². The van der Waals surface area contributed by atoms with Gasteiger partial charge in [0.1, 0.15) is 0 Å². The number of rotatable bonds is 20. The molecule has 22 nitrogen and oxygen atoms in total. The van der Waals surface area contributed by atoms with E-state index in [4.69, 9.17) is 71.1 Å². The first kappa shape index (κ1) is 130. The molecular formula is C127H193N3O19Si. The lowest BCUT2D eigenvalue weighted by atomic mass is 9.79. The van der Waals surface area contributed by atoms with E-state index in [9.17, 15) is 19.2 Å². The number of anilines is 1. The van der Waals surface area contributed by atoms with Crippen LogP contribution in [0.3, 0.4) is 0 Å². The summed E-state index contributed by atoms with van der Waals surface area (Å²) in [6, 6.07) is 58.1. The van der Waals surface area contributed by atoms with Gasteiger partial charge >= 0.3 is 6.09 Å². The number of carbonyl (C=O) groups is 4. The number of aliphatic hydroxyl groups excluding tert-OH is 1. The van der Waals surface area contributed by atoms with E-state index in [2.05, 4.69) is 357 Å². The van der Waals surface area contributed by atoms with Crippen LogP contribution >= 0.6 is 0 Å². The second-order valence-electron chi connectivity index (χ2n) is 48.6. The predicted octanol–water partition coefficient (Wildman–Crippen LogP) is 27.5. The second-order valence-corrected chi connectivity index (χ2v) is 54.0. The van der Waals surface area contributed by atoms with E-state index in [1.807, 2.05) is 36.4 Å². The lowest BCUT2D eigenvalue weighted by molar-refractivity contribution is 0.00623. The number of aliphatic hydroxyl groups is 1. The summed E-state index contributed by atoms with van der Waals surface area (Å²) in [5.41, 5.74) is 23.1. The lowest BCUT2D eigenvalue weighted by Gasteiger charge is -2.42. The highest BCUT2D eigenvalue weighted by Gasteiger charge is 2.45. The van der Waals surface area contributed by atoms with Gasteiger partial charge in [-0.05, 0) is 223 Å². The van der Waals surface area contributed by atoms with E-state index in [-0.39, 0.29) is 74.1 Å². The average Bonchev–Trinajstić information content (AvgIpc) is 0.806. The molecule has 0 unspecified atom stereocenters. The largest absolute Gasteiger partial charge is 0.449 e. The Kier molecular flexibility index (Phi) is 56.0. The maximum atomic E-state index is 12.9. The first-order valence-electron chi connectivity index (χ1n) is 54.7. The molecule has 8 aromatic carbocycles. The van der Waals surface area contributed by atoms with Crippen molar-refractivity contribution in [2.45, 2.75) is 353 Å². The topological polar surface area (TPSA) is 254 Å². The average molecular weight is 2090 g/mol. The minimum Gasteiger partial charge on any atom is -0.449 e. The number of benzene rings is 8. The molecule has 8 heterocycles. The van der Waals surface area contributed by atoms with Gasteiger partial charge in [0.2, 0.25) is 0 Å². The predicted molar refractivity (Wildman–Crippen MR) is 613 cm³/mol. The summed E-state index contributed by atoms with van der Waals surface area (Å²) in [5.74, 6) is 0.0801. The molecule has 0 fully saturated rings. The number of ether oxygens (including phenoxy) is 13. The third-order valence-electron chi connectivity index (χ3n) is 26.3. The first-order chi connectivity index (χ1) is 70.6. The molecule has 8 aliphatic heterocycles. The number of Topliss-reactive ketones (excluding diaryl/α,β-unsaturated/α-hetero) is 1. The quantitative estimate of drug-likeness (QED) is 0.0314. The van der Waals surface area contributed by atoms with Crippen LogP contribution in [0.25, 0.3) is 0 Å². The molecule has 23 heteroatoms. The number of ketones is 1. The molecule has 4 N–H and O–H groups in total. The molecule has 0 saturated heterocycles. The van der Waals surface area contributed by atoms with Crippen LogP contribution in [-0.2, 0) is 162 Å². The molecule has 8 bridgehead atoms.